The van der Waals surface area contributed by atoms with E-state index in [1.807, 2.05) is 42.5 Å². The first-order valence-electron chi connectivity index (χ1n) is 8.40. The molecule has 0 aromatic heterocycles. The summed E-state index contributed by atoms with van der Waals surface area (Å²) in [5.41, 5.74) is 1.44. The van der Waals surface area contributed by atoms with Crippen LogP contribution in [0.15, 0.2) is 66.7 Å². The molecule has 0 bridgehead atoms. The van der Waals surface area contributed by atoms with E-state index >= 15 is 0 Å². The second-order valence-corrected chi connectivity index (χ2v) is 5.99. The summed E-state index contributed by atoms with van der Waals surface area (Å²) < 4.78 is 0. The first-order chi connectivity index (χ1) is 13.0. The lowest BCUT2D eigenvalue weighted by Gasteiger charge is -2.11. The van der Waals surface area contributed by atoms with Crippen LogP contribution in [0.3, 0.4) is 0 Å². The van der Waals surface area contributed by atoms with Crippen LogP contribution in [-0.2, 0) is 16.0 Å². The fourth-order valence-electron chi connectivity index (χ4n) is 2.86. The number of para-hydroxylation sites is 1. The summed E-state index contributed by atoms with van der Waals surface area (Å²) in [7, 11) is 0. The zero-order valence-electron chi connectivity index (χ0n) is 14.4. The van der Waals surface area contributed by atoms with Gasteiger partial charge in [-0.2, -0.15) is 0 Å². The fraction of sp³-hybridized carbons (Fsp3) is 0.0952. The van der Waals surface area contributed by atoms with Gasteiger partial charge in [-0.15, -0.1) is 0 Å². The minimum atomic E-state index is -1.14. The molecule has 3 N–H and O–H groups in total. The van der Waals surface area contributed by atoms with Crippen LogP contribution in [0.2, 0.25) is 0 Å². The van der Waals surface area contributed by atoms with Gasteiger partial charge in [0.25, 0.3) is 5.91 Å². The Morgan fingerprint density at radius 1 is 0.852 bits per heavy atom. The maximum Gasteiger partial charge on any atom is 0.322 e. The molecule has 0 saturated heterocycles. The van der Waals surface area contributed by atoms with E-state index in [1.165, 1.54) is 6.07 Å². The third-order valence-corrected chi connectivity index (χ3v) is 4.08. The van der Waals surface area contributed by atoms with Gasteiger partial charge in [0, 0.05) is 0 Å². The van der Waals surface area contributed by atoms with E-state index in [0.29, 0.717) is 5.69 Å². The van der Waals surface area contributed by atoms with Gasteiger partial charge in [-0.25, -0.2) is 0 Å². The first-order valence-corrected chi connectivity index (χ1v) is 8.40. The highest BCUT2D eigenvalue weighted by Crippen LogP contribution is 2.20. The van der Waals surface area contributed by atoms with Crippen LogP contribution in [0.1, 0.15) is 15.9 Å². The molecule has 0 heterocycles. The Bertz CT molecular complexity index is 1010. The van der Waals surface area contributed by atoms with Gasteiger partial charge < -0.3 is 15.7 Å². The third-order valence-electron chi connectivity index (χ3n) is 4.08. The van der Waals surface area contributed by atoms with E-state index in [-0.39, 0.29) is 17.9 Å². The van der Waals surface area contributed by atoms with Gasteiger partial charge in [0.2, 0.25) is 5.91 Å². The van der Waals surface area contributed by atoms with Crippen molar-refractivity contribution in [1.82, 2.24) is 5.32 Å². The van der Waals surface area contributed by atoms with Crippen molar-refractivity contribution in [1.29, 1.82) is 0 Å². The van der Waals surface area contributed by atoms with Crippen LogP contribution in [-0.4, -0.2) is 29.4 Å². The number of fused-ring (bicyclic) bond motifs is 1. The number of hydrogen-bond acceptors (Lipinski definition) is 3. The fourth-order valence-corrected chi connectivity index (χ4v) is 2.86. The maximum absolute atomic E-state index is 12.5. The lowest BCUT2D eigenvalue weighted by molar-refractivity contribution is -0.135. The van der Waals surface area contributed by atoms with Crippen molar-refractivity contribution in [2.75, 3.05) is 11.9 Å². The highest BCUT2D eigenvalue weighted by atomic mass is 16.4. The van der Waals surface area contributed by atoms with Crippen molar-refractivity contribution in [2.24, 2.45) is 0 Å². The molecule has 0 fully saturated rings. The summed E-state index contributed by atoms with van der Waals surface area (Å²) in [5.74, 6) is -1.95. The number of carbonyl (C=O) groups excluding carboxylic acids is 2. The van der Waals surface area contributed by atoms with E-state index in [2.05, 4.69) is 10.6 Å². The molecule has 0 aliphatic carbocycles. The molecule has 0 atom stereocenters. The Morgan fingerprint density at radius 3 is 2.37 bits per heavy atom. The lowest BCUT2D eigenvalue weighted by Crippen LogP contribution is -2.30. The van der Waals surface area contributed by atoms with Crippen LogP contribution in [0.4, 0.5) is 5.69 Å². The summed E-state index contributed by atoms with van der Waals surface area (Å²) in [6.45, 7) is -0.489. The van der Waals surface area contributed by atoms with Crippen LogP contribution >= 0.6 is 0 Å². The van der Waals surface area contributed by atoms with Gasteiger partial charge in [-0.05, 0) is 28.5 Å². The van der Waals surface area contributed by atoms with Crippen LogP contribution in [0, 0.1) is 0 Å². The molecule has 0 spiro atoms. The maximum atomic E-state index is 12.5. The number of benzene rings is 3. The molecule has 0 aliphatic heterocycles. The Balaban J connectivity index is 1.76. The molecule has 0 unspecified atom stereocenters. The number of carboxylic acids is 1. The Kier molecular flexibility index (Phi) is 5.47. The van der Waals surface area contributed by atoms with E-state index in [9.17, 15) is 14.4 Å². The highest BCUT2D eigenvalue weighted by Gasteiger charge is 2.14. The number of nitrogens with one attached hydrogen (secondary N) is 2. The Morgan fingerprint density at radius 2 is 1.56 bits per heavy atom. The van der Waals surface area contributed by atoms with E-state index in [1.54, 1.807) is 18.2 Å². The number of rotatable bonds is 6. The standard InChI is InChI=1S/C21H18N2O4/c24-19(12-15-8-5-7-14-6-1-2-9-16(14)15)23-18-11-4-3-10-17(18)21(27)22-13-20(25)26/h1-11H,12-13H2,(H,22,27)(H,23,24)(H,25,26). The van der Waals surface area contributed by atoms with Gasteiger partial charge in [-0.1, -0.05) is 54.6 Å². The van der Waals surface area contributed by atoms with E-state index in [4.69, 9.17) is 5.11 Å². The predicted octanol–water partition coefficient (Wildman–Crippen LogP) is 2.84. The molecule has 2 amide bonds. The number of amides is 2. The first kappa shape index (κ1) is 18.1. The SMILES string of the molecule is O=C(O)CNC(=O)c1ccccc1NC(=O)Cc1cccc2ccccc12. The van der Waals surface area contributed by atoms with Crippen molar-refractivity contribution in [3.8, 4) is 0 Å². The summed E-state index contributed by atoms with van der Waals surface area (Å²) in [5, 5.41) is 15.8. The van der Waals surface area contributed by atoms with Crippen molar-refractivity contribution >= 4 is 34.2 Å². The molecule has 27 heavy (non-hydrogen) atoms. The molecule has 0 radical (unpaired) electrons. The molecular weight excluding hydrogens is 344 g/mol. The van der Waals surface area contributed by atoms with Crippen molar-refractivity contribution in [3.63, 3.8) is 0 Å². The Hall–Kier alpha value is -3.67. The molecule has 6 heteroatoms. The number of carbonyl (C=O) groups is 3. The topological polar surface area (TPSA) is 95.5 Å². The smallest absolute Gasteiger partial charge is 0.322 e. The minimum absolute atomic E-state index is 0.159. The summed E-state index contributed by atoms with van der Waals surface area (Å²) in [6.07, 6.45) is 0.159. The van der Waals surface area contributed by atoms with Crippen molar-refractivity contribution in [3.05, 3.63) is 77.9 Å². The van der Waals surface area contributed by atoms with Crippen LogP contribution in [0.5, 0.6) is 0 Å². The van der Waals surface area contributed by atoms with Crippen LogP contribution in [0.25, 0.3) is 10.8 Å². The molecule has 3 aromatic carbocycles. The summed E-state index contributed by atoms with van der Waals surface area (Å²) in [6, 6.07) is 20.1. The molecule has 3 rings (SSSR count). The van der Waals surface area contributed by atoms with E-state index in [0.717, 1.165) is 16.3 Å². The minimum Gasteiger partial charge on any atom is -0.480 e. The largest absolute Gasteiger partial charge is 0.480 e. The lowest BCUT2D eigenvalue weighted by atomic mass is 10.0. The van der Waals surface area contributed by atoms with Crippen molar-refractivity contribution in [2.45, 2.75) is 6.42 Å². The normalized spacial score (nSPS) is 10.4. The van der Waals surface area contributed by atoms with Crippen molar-refractivity contribution < 1.29 is 19.5 Å². The van der Waals surface area contributed by atoms with E-state index < -0.39 is 18.4 Å². The molecule has 0 saturated carbocycles. The molecule has 0 aliphatic rings. The molecule has 6 nitrogen and oxygen atoms in total. The van der Waals surface area contributed by atoms with Crippen LogP contribution < -0.4 is 10.6 Å². The highest BCUT2D eigenvalue weighted by molar-refractivity contribution is 6.05. The number of aliphatic carboxylic acids is 1. The number of anilines is 1. The van der Waals surface area contributed by atoms with Gasteiger partial charge in [0.05, 0.1) is 17.7 Å². The molecule has 136 valence electrons. The Labute approximate surface area is 155 Å². The zero-order valence-corrected chi connectivity index (χ0v) is 14.4. The number of hydrogen-bond donors (Lipinski definition) is 3. The van der Waals surface area contributed by atoms with Gasteiger partial charge in [0.1, 0.15) is 6.54 Å². The van der Waals surface area contributed by atoms with Gasteiger partial charge in [-0.3, -0.25) is 14.4 Å². The zero-order chi connectivity index (χ0) is 19.2. The summed E-state index contributed by atoms with van der Waals surface area (Å²) >= 11 is 0. The van der Waals surface area contributed by atoms with Gasteiger partial charge in [0.15, 0.2) is 0 Å². The average molecular weight is 362 g/mol. The molecular formula is C21H18N2O4. The quantitative estimate of drug-likeness (QED) is 0.628. The average Bonchev–Trinajstić information content (AvgIpc) is 2.67. The number of carboxylic acid groups (broad SMARTS) is 1. The second kappa shape index (κ2) is 8.14. The predicted molar refractivity (Wildman–Crippen MR) is 103 cm³/mol. The van der Waals surface area contributed by atoms with Gasteiger partial charge >= 0.3 is 5.97 Å². The second-order valence-electron chi connectivity index (χ2n) is 5.99. The molecule has 3 aromatic rings. The monoisotopic (exact) mass is 362 g/mol. The third kappa shape index (κ3) is 4.49. The summed E-state index contributed by atoms with van der Waals surface area (Å²) in [4.78, 5) is 35.3.